The summed E-state index contributed by atoms with van der Waals surface area (Å²) in [5, 5.41) is 0. The van der Waals surface area contributed by atoms with Crippen molar-refractivity contribution in [3.63, 3.8) is 0 Å². The van der Waals surface area contributed by atoms with Gasteiger partial charge in [-0.05, 0) is 0 Å². The Morgan fingerprint density at radius 3 is 2.69 bits per heavy atom. The number of hydrogen-bond acceptors (Lipinski definition) is 4. The Labute approximate surface area is 89.2 Å². The van der Waals surface area contributed by atoms with Crippen LogP contribution >= 0.6 is 0 Å². The van der Waals surface area contributed by atoms with Crippen LogP contribution in [0.4, 0.5) is 8.78 Å². The number of aromatic amines is 1. The van der Waals surface area contributed by atoms with Crippen molar-refractivity contribution >= 4 is 5.97 Å². The lowest BCUT2D eigenvalue weighted by Gasteiger charge is -2.08. The van der Waals surface area contributed by atoms with Crippen LogP contribution in [0.5, 0.6) is 0 Å². The van der Waals surface area contributed by atoms with E-state index in [-0.39, 0.29) is 17.8 Å². The van der Waals surface area contributed by atoms with Gasteiger partial charge >= 0.3 is 5.97 Å². The van der Waals surface area contributed by atoms with Gasteiger partial charge in [0, 0.05) is 18.3 Å². The summed E-state index contributed by atoms with van der Waals surface area (Å²) in [4.78, 5) is 24.9. The standard InChI is InChI=1S/C9H10F2N2O3/c1-16-9(15)7-5(3-12)13-4(8(10)11)2-6(7)14/h2,8H,3,12H2,1H3,(H,13,14). The molecule has 0 unspecified atom stereocenters. The van der Waals surface area contributed by atoms with E-state index in [0.717, 1.165) is 7.11 Å². The van der Waals surface area contributed by atoms with Gasteiger partial charge in [-0.2, -0.15) is 0 Å². The minimum Gasteiger partial charge on any atom is -0.465 e. The molecule has 88 valence electrons. The third-order valence-electron chi connectivity index (χ3n) is 1.96. The van der Waals surface area contributed by atoms with Gasteiger partial charge in [0.05, 0.1) is 12.8 Å². The second kappa shape index (κ2) is 4.84. The summed E-state index contributed by atoms with van der Waals surface area (Å²) in [6.07, 6.45) is -2.83. The number of pyridine rings is 1. The molecular weight excluding hydrogens is 222 g/mol. The van der Waals surface area contributed by atoms with Gasteiger partial charge in [-0.3, -0.25) is 4.79 Å². The van der Waals surface area contributed by atoms with E-state index in [9.17, 15) is 18.4 Å². The maximum Gasteiger partial charge on any atom is 0.343 e. The topological polar surface area (TPSA) is 85.2 Å². The fraction of sp³-hybridized carbons (Fsp3) is 0.333. The minimum atomic E-state index is -2.83. The number of rotatable bonds is 3. The van der Waals surface area contributed by atoms with Gasteiger partial charge in [0.25, 0.3) is 6.43 Å². The molecule has 0 aromatic carbocycles. The highest BCUT2D eigenvalue weighted by Crippen LogP contribution is 2.16. The molecule has 0 aliphatic rings. The van der Waals surface area contributed by atoms with Crippen molar-refractivity contribution < 1.29 is 18.3 Å². The quantitative estimate of drug-likeness (QED) is 0.745. The van der Waals surface area contributed by atoms with Crippen LogP contribution in [0.3, 0.4) is 0 Å². The van der Waals surface area contributed by atoms with Gasteiger partial charge in [0.1, 0.15) is 5.56 Å². The average Bonchev–Trinajstić information content (AvgIpc) is 2.26. The van der Waals surface area contributed by atoms with Crippen LogP contribution < -0.4 is 11.2 Å². The number of alkyl halides is 2. The highest BCUT2D eigenvalue weighted by molar-refractivity contribution is 5.90. The van der Waals surface area contributed by atoms with Crippen LogP contribution in [0.15, 0.2) is 10.9 Å². The summed E-state index contributed by atoms with van der Waals surface area (Å²) in [5.74, 6) is -0.900. The molecule has 0 bridgehead atoms. The molecule has 0 saturated carbocycles. The third-order valence-corrected chi connectivity index (χ3v) is 1.96. The van der Waals surface area contributed by atoms with Gasteiger partial charge in [0.15, 0.2) is 5.43 Å². The van der Waals surface area contributed by atoms with E-state index >= 15 is 0 Å². The highest BCUT2D eigenvalue weighted by atomic mass is 19.3. The maximum atomic E-state index is 12.4. The summed E-state index contributed by atoms with van der Waals surface area (Å²) in [7, 11) is 1.09. The van der Waals surface area contributed by atoms with Crippen molar-refractivity contribution in [1.29, 1.82) is 0 Å². The van der Waals surface area contributed by atoms with Crippen molar-refractivity contribution in [1.82, 2.24) is 4.98 Å². The highest BCUT2D eigenvalue weighted by Gasteiger charge is 2.19. The Morgan fingerprint density at radius 2 is 2.25 bits per heavy atom. The molecule has 0 atom stereocenters. The number of carbonyl (C=O) groups excluding carboxylic acids is 1. The molecule has 1 aromatic heterocycles. The summed E-state index contributed by atoms with van der Waals surface area (Å²) in [6.45, 7) is -0.236. The predicted molar refractivity (Wildman–Crippen MR) is 51.3 cm³/mol. The first-order chi connectivity index (χ1) is 7.51. The second-order valence-electron chi connectivity index (χ2n) is 2.94. The number of aromatic nitrogens is 1. The number of esters is 1. The first-order valence-electron chi connectivity index (χ1n) is 4.33. The van der Waals surface area contributed by atoms with Crippen molar-refractivity contribution in [2.24, 2.45) is 5.73 Å². The predicted octanol–water partition coefficient (Wildman–Crippen LogP) is 0.558. The smallest absolute Gasteiger partial charge is 0.343 e. The van der Waals surface area contributed by atoms with Crippen molar-refractivity contribution in [3.8, 4) is 0 Å². The minimum absolute atomic E-state index is 0.0605. The molecule has 0 aliphatic heterocycles. The first-order valence-corrected chi connectivity index (χ1v) is 4.33. The van der Waals surface area contributed by atoms with E-state index in [1.165, 1.54) is 0 Å². The summed E-state index contributed by atoms with van der Waals surface area (Å²) >= 11 is 0. The van der Waals surface area contributed by atoms with E-state index in [2.05, 4.69) is 9.72 Å². The summed E-state index contributed by atoms with van der Waals surface area (Å²) < 4.78 is 29.1. The van der Waals surface area contributed by atoms with Gasteiger partial charge in [-0.1, -0.05) is 0 Å². The van der Waals surface area contributed by atoms with E-state index in [1.807, 2.05) is 0 Å². The molecule has 0 amide bonds. The lowest BCUT2D eigenvalue weighted by Crippen LogP contribution is -2.23. The van der Waals surface area contributed by atoms with Crippen LogP contribution in [0, 0.1) is 0 Å². The normalized spacial score (nSPS) is 10.6. The molecule has 0 fully saturated rings. The van der Waals surface area contributed by atoms with E-state index < -0.39 is 23.5 Å². The zero-order valence-electron chi connectivity index (χ0n) is 8.42. The molecule has 0 aliphatic carbocycles. The van der Waals surface area contributed by atoms with Crippen molar-refractivity contribution in [2.75, 3.05) is 7.11 Å². The molecule has 0 saturated heterocycles. The Kier molecular flexibility index (Phi) is 3.73. The number of hydrogen-bond donors (Lipinski definition) is 2. The Bertz CT molecular complexity index is 457. The molecule has 0 radical (unpaired) electrons. The maximum absolute atomic E-state index is 12.4. The lowest BCUT2D eigenvalue weighted by atomic mass is 10.1. The number of nitrogens with two attached hydrogens (primary N) is 1. The zero-order valence-corrected chi connectivity index (χ0v) is 8.42. The number of carbonyl (C=O) groups is 1. The monoisotopic (exact) mass is 232 g/mol. The van der Waals surface area contributed by atoms with Crippen molar-refractivity contribution in [3.05, 3.63) is 33.2 Å². The average molecular weight is 232 g/mol. The Balaban J connectivity index is 3.40. The molecule has 1 rings (SSSR count). The molecule has 7 heteroatoms. The zero-order chi connectivity index (χ0) is 12.3. The SMILES string of the molecule is COC(=O)c1c(CN)[nH]c(C(F)F)cc1=O. The van der Waals surface area contributed by atoms with Crippen molar-refractivity contribution in [2.45, 2.75) is 13.0 Å². The van der Waals surface area contributed by atoms with Crippen LogP contribution in [0.25, 0.3) is 0 Å². The van der Waals surface area contributed by atoms with Gasteiger partial charge in [-0.15, -0.1) is 0 Å². The fourth-order valence-electron chi connectivity index (χ4n) is 1.23. The van der Waals surface area contributed by atoms with Crippen LogP contribution in [-0.2, 0) is 11.3 Å². The van der Waals surface area contributed by atoms with Crippen LogP contribution in [0.1, 0.15) is 28.2 Å². The molecule has 16 heavy (non-hydrogen) atoms. The Hall–Kier alpha value is -1.76. The van der Waals surface area contributed by atoms with E-state index in [0.29, 0.717) is 6.07 Å². The Morgan fingerprint density at radius 1 is 1.62 bits per heavy atom. The lowest BCUT2D eigenvalue weighted by molar-refractivity contribution is 0.0596. The van der Waals surface area contributed by atoms with Gasteiger partial charge in [-0.25, -0.2) is 13.6 Å². The molecule has 3 N–H and O–H groups in total. The summed E-state index contributed by atoms with van der Waals surface area (Å²) in [5.41, 5.74) is 3.46. The second-order valence-corrected chi connectivity index (χ2v) is 2.94. The molecule has 1 aromatic rings. The number of methoxy groups -OCH3 is 1. The summed E-state index contributed by atoms with van der Waals surface area (Å²) in [6, 6.07) is 0.663. The fourth-order valence-corrected chi connectivity index (χ4v) is 1.23. The first kappa shape index (κ1) is 12.3. The number of ether oxygens (including phenoxy) is 1. The van der Waals surface area contributed by atoms with E-state index in [4.69, 9.17) is 5.73 Å². The number of halogens is 2. The molecular formula is C9H10F2N2O3. The molecule has 1 heterocycles. The van der Waals surface area contributed by atoms with E-state index in [1.54, 1.807) is 0 Å². The third kappa shape index (κ3) is 2.25. The number of H-pyrrole nitrogens is 1. The molecule has 5 nitrogen and oxygen atoms in total. The van der Waals surface area contributed by atoms with Gasteiger partial charge in [0.2, 0.25) is 0 Å². The number of nitrogens with one attached hydrogen (secondary N) is 1. The van der Waals surface area contributed by atoms with Crippen LogP contribution in [-0.4, -0.2) is 18.1 Å². The largest absolute Gasteiger partial charge is 0.465 e. The van der Waals surface area contributed by atoms with Gasteiger partial charge < -0.3 is 15.5 Å². The molecule has 0 spiro atoms. The van der Waals surface area contributed by atoms with Crippen LogP contribution in [0.2, 0.25) is 0 Å².